The van der Waals surface area contributed by atoms with Crippen LogP contribution in [-0.2, 0) is 19.1 Å². The van der Waals surface area contributed by atoms with Crippen LogP contribution < -0.4 is 0 Å². The van der Waals surface area contributed by atoms with E-state index in [1.807, 2.05) is 0 Å². The monoisotopic (exact) mass is 256 g/mol. The summed E-state index contributed by atoms with van der Waals surface area (Å²) < 4.78 is 9.08. The van der Waals surface area contributed by atoms with Gasteiger partial charge in [0.15, 0.2) is 0 Å². The van der Waals surface area contributed by atoms with Gasteiger partial charge in [-0.05, 0) is 0 Å². The van der Waals surface area contributed by atoms with Crippen molar-refractivity contribution in [1.29, 1.82) is 0 Å². The number of carbonyl (C=O) groups is 3. The summed E-state index contributed by atoms with van der Waals surface area (Å²) in [7, 11) is 5.84. The minimum absolute atomic E-state index is 0.124. The molecule has 1 aliphatic heterocycles. The van der Waals surface area contributed by atoms with Gasteiger partial charge in [0.05, 0.1) is 14.2 Å². The second-order valence-electron chi connectivity index (χ2n) is 4.01. The summed E-state index contributed by atoms with van der Waals surface area (Å²) >= 11 is 0. The molecule has 1 saturated heterocycles. The van der Waals surface area contributed by atoms with E-state index in [1.165, 1.54) is 7.11 Å². The molecule has 1 rings (SSSR count). The highest BCUT2D eigenvalue weighted by Crippen LogP contribution is 2.25. The lowest BCUT2D eigenvalue weighted by Gasteiger charge is -2.18. The SMILES string of the molecule is COC(=O)C1C/C(=C\N(C)C)C(=O)N1C(=O)OC. The van der Waals surface area contributed by atoms with Gasteiger partial charge in [0.2, 0.25) is 0 Å². The van der Waals surface area contributed by atoms with Crippen molar-refractivity contribution in [3.63, 3.8) is 0 Å². The molecule has 1 fully saturated rings. The summed E-state index contributed by atoms with van der Waals surface area (Å²) in [6.45, 7) is 0. The van der Waals surface area contributed by atoms with E-state index in [4.69, 9.17) is 0 Å². The van der Waals surface area contributed by atoms with Gasteiger partial charge in [-0.1, -0.05) is 0 Å². The van der Waals surface area contributed by atoms with Crippen LogP contribution in [0.4, 0.5) is 4.79 Å². The molecule has 0 aromatic rings. The summed E-state index contributed by atoms with van der Waals surface area (Å²) in [4.78, 5) is 37.5. The zero-order valence-corrected chi connectivity index (χ0v) is 10.8. The summed E-state index contributed by atoms with van der Waals surface area (Å²) in [5, 5.41) is 0. The lowest BCUT2D eigenvalue weighted by Crippen LogP contribution is -2.43. The highest BCUT2D eigenvalue weighted by atomic mass is 16.5. The van der Waals surface area contributed by atoms with E-state index in [-0.39, 0.29) is 6.42 Å². The smallest absolute Gasteiger partial charge is 0.417 e. The first-order valence-corrected chi connectivity index (χ1v) is 5.28. The molecule has 1 aliphatic rings. The zero-order chi connectivity index (χ0) is 13.9. The molecular formula is C11H16N2O5. The average Bonchev–Trinajstić information content (AvgIpc) is 2.64. The molecule has 0 radical (unpaired) electrons. The fourth-order valence-corrected chi connectivity index (χ4v) is 1.74. The van der Waals surface area contributed by atoms with Crippen LogP contribution in [0.15, 0.2) is 11.8 Å². The second-order valence-corrected chi connectivity index (χ2v) is 4.01. The van der Waals surface area contributed by atoms with E-state index in [1.54, 1.807) is 25.2 Å². The van der Waals surface area contributed by atoms with Crippen molar-refractivity contribution in [3.05, 3.63) is 11.8 Å². The maximum Gasteiger partial charge on any atom is 0.417 e. The fraction of sp³-hybridized carbons (Fsp3) is 0.545. The third-order valence-corrected chi connectivity index (χ3v) is 2.48. The molecule has 18 heavy (non-hydrogen) atoms. The number of carbonyl (C=O) groups excluding carboxylic acids is 3. The minimum atomic E-state index is -0.957. The summed E-state index contributed by atoms with van der Waals surface area (Å²) in [6.07, 6.45) is 0.831. The van der Waals surface area contributed by atoms with Crippen molar-refractivity contribution < 1.29 is 23.9 Å². The lowest BCUT2D eigenvalue weighted by atomic mass is 10.1. The van der Waals surface area contributed by atoms with Crippen molar-refractivity contribution in [2.75, 3.05) is 28.3 Å². The molecule has 0 bridgehead atoms. The summed E-state index contributed by atoms with van der Waals surface area (Å²) in [5.41, 5.74) is 0.362. The van der Waals surface area contributed by atoms with Gasteiger partial charge in [-0.3, -0.25) is 4.79 Å². The predicted molar refractivity (Wildman–Crippen MR) is 61.4 cm³/mol. The van der Waals surface area contributed by atoms with E-state index in [0.29, 0.717) is 5.57 Å². The number of ether oxygens (including phenoxy) is 2. The van der Waals surface area contributed by atoms with Crippen LogP contribution in [0.2, 0.25) is 0 Å². The standard InChI is InChI=1S/C11H16N2O5/c1-12(2)6-7-5-8(10(15)17-3)13(9(7)14)11(16)18-4/h6,8H,5H2,1-4H3/b7-6+. The van der Waals surface area contributed by atoms with Gasteiger partial charge in [0.1, 0.15) is 6.04 Å². The van der Waals surface area contributed by atoms with Crippen molar-refractivity contribution >= 4 is 18.0 Å². The van der Waals surface area contributed by atoms with Gasteiger partial charge in [0.25, 0.3) is 5.91 Å². The normalized spacial score (nSPS) is 21.1. The zero-order valence-electron chi connectivity index (χ0n) is 10.8. The number of amides is 2. The average molecular weight is 256 g/mol. The Labute approximate surface area is 105 Å². The molecule has 100 valence electrons. The van der Waals surface area contributed by atoms with E-state index in [9.17, 15) is 14.4 Å². The molecule has 7 heteroatoms. The van der Waals surface area contributed by atoms with Gasteiger partial charge >= 0.3 is 12.1 Å². The van der Waals surface area contributed by atoms with Gasteiger partial charge in [-0.15, -0.1) is 0 Å². The second kappa shape index (κ2) is 5.52. The van der Waals surface area contributed by atoms with Crippen molar-refractivity contribution in [1.82, 2.24) is 9.80 Å². The highest BCUT2D eigenvalue weighted by Gasteiger charge is 2.45. The van der Waals surface area contributed by atoms with E-state index < -0.39 is 24.0 Å². The van der Waals surface area contributed by atoms with Crippen LogP contribution in [-0.4, -0.2) is 62.1 Å². The van der Waals surface area contributed by atoms with Crippen LogP contribution >= 0.6 is 0 Å². The van der Waals surface area contributed by atoms with Gasteiger partial charge < -0.3 is 14.4 Å². The Morgan fingerprint density at radius 3 is 2.39 bits per heavy atom. The van der Waals surface area contributed by atoms with Crippen molar-refractivity contribution in [3.8, 4) is 0 Å². The Morgan fingerprint density at radius 1 is 1.33 bits per heavy atom. The van der Waals surface area contributed by atoms with Crippen LogP contribution in [0.3, 0.4) is 0 Å². The van der Waals surface area contributed by atoms with Gasteiger partial charge in [-0.25, -0.2) is 14.5 Å². The van der Waals surface area contributed by atoms with Gasteiger partial charge in [-0.2, -0.15) is 0 Å². The molecule has 0 spiro atoms. The highest BCUT2D eigenvalue weighted by molar-refractivity contribution is 6.08. The fourth-order valence-electron chi connectivity index (χ4n) is 1.74. The summed E-state index contributed by atoms with van der Waals surface area (Å²) in [6, 6.07) is -0.957. The number of methoxy groups -OCH3 is 2. The predicted octanol–water partition coefficient (Wildman–Crippen LogP) is -0.0278. The largest absolute Gasteiger partial charge is 0.467 e. The van der Waals surface area contributed by atoms with E-state index in [0.717, 1.165) is 12.0 Å². The molecule has 0 aliphatic carbocycles. The van der Waals surface area contributed by atoms with Crippen molar-refractivity contribution in [2.24, 2.45) is 0 Å². The third-order valence-electron chi connectivity index (χ3n) is 2.48. The number of nitrogens with zero attached hydrogens (tertiary/aromatic N) is 2. The quantitative estimate of drug-likeness (QED) is 0.510. The Bertz CT molecular complexity index is 402. The number of hydrogen-bond acceptors (Lipinski definition) is 6. The molecule has 0 aromatic heterocycles. The number of likely N-dealkylation sites (tertiary alicyclic amines) is 1. The van der Waals surface area contributed by atoms with Crippen LogP contribution in [0.1, 0.15) is 6.42 Å². The van der Waals surface area contributed by atoms with Crippen LogP contribution in [0.5, 0.6) is 0 Å². The van der Waals surface area contributed by atoms with Crippen molar-refractivity contribution in [2.45, 2.75) is 12.5 Å². The van der Waals surface area contributed by atoms with E-state index in [2.05, 4.69) is 9.47 Å². The van der Waals surface area contributed by atoms with Gasteiger partial charge in [0, 0.05) is 32.3 Å². The molecule has 0 N–H and O–H groups in total. The van der Waals surface area contributed by atoms with E-state index >= 15 is 0 Å². The number of rotatable bonds is 2. The summed E-state index contributed by atoms with van der Waals surface area (Å²) in [5.74, 6) is -1.18. The molecule has 0 saturated carbocycles. The molecule has 7 nitrogen and oxygen atoms in total. The Morgan fingerprint density at radius 2 is 1.94 bits per heavy atom. The number of hydrogen-bond donors (Lipinski definition) is 0. The molecule has 0 aromatic carbocycles. The first kappa shape index (κ1) is 14.0. The topological polar surface area (TPSA) is 76.2 Å². The molecule has 1 atom stereocenters. The van der Waals surface area contributed by atoms with Crippen LogP contribution in [0, 0.1) is 0 Å². The third kappa shape index (κ3) is 2.61. The number of esters is 1. The Kier molecular flexibility index (Phi) is 4.30. The lowest BCUT2D eigenvalue weighted by molar-refractivity contribution is -0.147. The molecule has 1 heterocycles. The maximum atomic E-state index is 12.0. The molecular weight excluding hydrogens is 240 g/mol. The Hall–Kier alpha value is -2.05. The van der Waals surface area contributed by atoms with Crippen LogP contribution in [0.25, 0.3) is 0 Å². The first-order chi connectivity index (χ1) is 8.42. The maximum absolute atomic E-state index is 12.0. The first-order valence-electron chi connectivity index (χ1n) is 5.28. The molecule has 1 unspecified atom stereocenters. The Balaban J connectivity index is 3.07. The minimum Gasteiger partial charge on any atom is -0.467 e. The number of imide groups is 1. The molecule has 2 amide bonds.